The number of ether oxygens (including phenoxy) is 1. The quantitative estimate of drug-likeness (QED) is 0.556. The van der Waals surface area contributed by atoms with Gasteiger partial charge in [0.1, 0.15) is 5.70 Å². The lowest BCUT2D eigenvalue weighted by atomic mass is 9.83. The van der Waals surface area contributed by atoms with Gasteiger partial charge in [-0.2, -0.15) is 0 Å². The highest BCUT2D eigenvalue weighted by Crippen LogP contribution is 2.43. The minimum absolute atomic E-state index is 0.00104. The Hall–Kier alpha value is -1.44. The van der Waals surface area contributed by atoms with Crippen molar-refractivity contribution in [2.45, 2.75) is 38.5 Å². The number of aliphatic carboxylic acids is 1. The summed E-state index contributed by atoms with van der Waals surface area (Å²) in [5, 5.41) is 18.9. The van der Waals surface area contributed by atoms with Crippen LogP contribution < -0.4 is 5.73 Å². The molecule has 1 saturated heterocycles. The van der Waals surface area contributed by atoms with E-state index in [2.05, 4.69) is 0 Å². The number of hydrogen-bond acceptors (Lipinski definition) is 5. The Morgan fingerprint density at radius 3 is 2.70 bits per heavy atom. The predicted molar refractivity (Wildman–Crippen MR) is 69.6 cm³/mol. The van der Waals surface area contributed by atoms with E-state index in [1.807, 2.05) is 0 Å². The maximum absolute atomic E-state index is 11.9. The maximum Gasteiger partial charge on any atom is 0.352 e. The zero-order valence-corrected chi connectivity index (χ0v) is 11.6. The number of fused-ring (bicyclic) bond motifs is 1. The second-order valence-electron chi connectivity index (χ2n) is 5.36. The van der Waals surface area contributed by atoms with Gasteiger partial charge in [0.05, 0.1) is 30.8 Å². The fourth-order valence-corrected chi connectivity index (χ4v) is 2.80. The molecule has 112 valence electrons. The lowest BCUT2D eigenvalue weighted by Gasteiger charge is -2.44. The molecular formula is C13H20N2O5. The number of carbonyl (C=O) groups is 2. The third-order valence-electron chi connectivity index (χ3n) is 3.90. The van der Waals surface area contributed by atoms with E-state index in [-0.39, 0.29) is 30.4 Å². The molecule has 2 rings (SSSR count). The first-order valence-corrected chi connectivity index (χ1v) is 6.66. The Labute approximate surface area is 117 Å². The second kappa shape index (κ2) is 5.51. The fourth-order valence-electron chi connectivity index (χ4n) is 2.80. The van der Waals surface area contributed by atoms with Crippen LogP contribution >= 0.6 is 0 Å². The summed E-state index contributed by atoms with van der Waals surface area (Å²) in [5.41, 5.74) is 6.03. The number of aliphatic hydroxyl groups is 1. The maximum atomic E-state index is 11.9. The van der Waals surface area contributed by atoms with Gasteiger partial charge in [-0.15, -0.1) is 0 Å². The Balaban J connectivity index is 2.15. The summed E-state index contributed by atoms with van der Waals surface area (Å²) in [5.74, 6) is -1.98. The van der Waals surface area contributed by atoms with Crippen LogP contribution in [0, 0.1) is 5.92 Å². The molecule has 0 aliphatic carbocycles. The molecule has 4 atom stereocenters. The SMILES string of the molecule is CC(CN)OCC1=C(C(=O)O)N2C(=O)C(C(C)O)C2C1. The number of amides is 1. The van der Waals surface area contributed by atoms with Crippen LogP contribution in [0.25, 0.3) is 0 Å². The zero-order valence-electron chi connectivity index (χ0n) is 11.6. The normalized spacial score (nSPS) is 28.2. The summed E-state index contributed by atoms with van der Waals surface area (Å²) in [6.45, 7) is 3.84. The van der Waals surface area contributed by atoms with E-state index in [4.69, 9.17) is 10.5 Å². The summed E-state index contributed by atoms with van der Waals surface area (Å²) >= 11 is 0. The summed E-state index contributed by atoms with van der Waals surface area (Å²) in [6.07, 6.45) is -0.517. The van der Waals surface area contributed by atoms with Crippen molar-refractivity contribution in [2.75, 3.05) is 13.2 Å². The Kier molecular flexibility index (Phi) is 4.12. The van der Waals surface area contributed by atoms with Gasteiger partial charge in [0, 0.05) is 6.54 Å². The highest BCUT2D eigenvalue weighted by atomic mass is 16.5. The van der Waals surface area contributed by atoms with Crippen LogP contribution in [0.4, 0.5) is 0 Å². The highest BCUT2D eigenvalue weighted by molar-refractivity contribution is 5.99. The average Bonchev–Trinajstić information content (AvgIpc) is 2.69. The molecule has 0 spiro atoms. The van der Waals surface area contributed by atoms with Gasteiger partial charge in [0.15, 0.2) is 0 Å². The van der Waals surface area contributed by atoms with Crippen LogP contribution in [0.5, 0.6) is 0 Å². The molecule has 2 heterocycles. The summed E-state index contributed by atoms with van der Waals surface area (Å²) in [4.78, 5) is 24.6. The number of carbonyl (C=O) groups excluding carboxylic acids is 1. The van der Waals surface area contributed by atoms with Gasteiger partial charge in [0.2, 0.25) is 5.91 Å². The average molecular weight is 284 g/mol. The second-order valence-corrected chi connectivity index (χ2v) is 5.36. The Morgan fingerprint density at radius 2 is 2.20 bits per heavy atom. The third kappa shape index (κ3) is 2.32. The molecule has 4 N–H and O–H groups in total. The number of hydrogen-bond donors (Lipinski definition) is 3. The molecule has 4 unspecified atom stereocenters. The van der Waals surface area contributed by atoms with Crippen molar-refractivity contribution < 1.29 is 24.5 Å². The molecule has 0 aromatic carbocycles. The summed E-state index contributed by atoms with van der Waals surface area (Å²) in [6, 6.07) is -0.264. The van der Waals surface area contributed by atoms with Crippen LogP contribution in [0.2, 0.25) is 0 Å². The van der Waals surface area contributed by atoms with E-state index in [1.54, 1.807) is 13.8 Å². The number of carboxylic acid groups (broad SMARTS) is 1. The Bertz CT molecular complexity index is 460. The first-order chi connectivity index (χ1) is 9.38. The largest absolute Gasteiger partial charge is 0.477 e. The first kappa shape index (κ1) is 15.0. The van der Waals surface area contributed by atoms with Gasteiger partial charge < -0.3 is 25.6 Å². The number of carboxylic acids is 1. The number of nitrogens with two attached hydrogens (primary N) is 1. The third-order valence-corrected chi connectivity index (χ3v) is 3.90. The van der Waals surface area contributed by atoms with Crippen LogP contribution in [-0.2, 0) is 14.3 Å². The predicted octanol–water partition coefficient (Wildman–Crippen LogP) is -0.700. The van der Waals surface area contributed by atoms with Gasteiger partial charge in [-0.25, -0.2) is 4.79 Å². The van der Waals surface area contributed by atoms with Gasteiger partial charge in [-0.3, -0.25) is 4.79 Å². The lowest BCUT2D eigenvalue weighted by Crippen LogP contribution is -2.61. The number of rotatable bonds is 6. The fraction of sp³-hybridized carbons (Fsp3) is 0.692. The molecule has 1 fully saturated rings. The molecule has 2 aliphatic rings. The lowest BCUT2D eigenvalue weighted by molar-refractivity contribution is -0.161. The van der Waals surface area contributed by atoms with Crippen molar-refractivity contribution in [1.82, 2.24) is 4.90 Å². The molecule has 20 heavy (non-hydrogen) atoms. The summed E-state index contributed by atoms with van der Waals surface area (Å²) in [7, 11) is 0. The van der Waals surface area contributed by atoms with Crippen molar-refractivity contribution in [3.63, 3.8) is 0 Å². The van der Waals surface area contributed by atoms with E-state index < -0.39 is 18.0 Å². The van der Waals surface area contributed by atoms with Gasteiger partial charge in [-0.1, -0.05) is 0 Å². The number of aliphatic hydroxyl groups excluding tert-OH is 1. The molecule has 7 heteroatoms. The Morgan fingerprint density at radius 1 is 1.55 bits per heavy atom. The van der Waals surface area contributed by atoms with Crippen molar-refractivity contribution >= 4 is 11.9 Å². The molecule has 0 aromatic heterocycles. The van der Waals surface area contributed by atoms with E-state index >= 15 is 0 Å². The highest BCUT2D eigenvalue weighted by Gasteiger charge is 2.56. The molecule has 0 saturated carbocycles. The molecule has 0 radical (unpaired) electrons. The molecule has 2 aliphatic heterocycles. The molecule has 0 bridgehead atoms. The van der Waals surface area contributed by atoms with Crippen molar-refractivity contribution in [1.29, 1.82) is 0 Å². The van der Waals surface area contributed by atoms with Gasteiger partial charge in [-0.05, 0) is 25.8 Å². The first-order valence-electron chi connectivity index (χ1n) is 6.66. The van der Waals surface area contributed by atoms with Crippen LogP contribution in [0.15, 0.2) is 11.3 Å². The summed E-state index contributed by atoms with van der Waals surface area (Å²) < 4.78 is 5.46. The molecular weight excluding hydrogens is 264 g/mol. The molecule has 1 amide bonds. The minimum Gasteiger partial charge on any atom is -0.477 e. The minimum atomic E-state index is -1.14. The number of β-lactam (4-membered cyclic amide) rings is 1. The monoisotopic (exact) mass is 284 g/mol. The van der Waals surface area contributed by atoms with Crippen molar-refractivity contribution in [2.24, 2.45) is 11.7 Å². The van der Waals surface area contributed by atoms with E-state index in [0.717, 1.165) is 0 Å². The van der Waals surface area contributed by atoms with Crippen LogP contribution in [-0.4, -0.2) is 58.4 Å². The van der Waals surface area contributed by atoms with Crippen molar-refractivity contribution in [3.05, 3.63) is 11.3 Å². The van der Waals surface area contributed by atoms with Crippen molar-refractivity contribution in [3.8, 4) is 0 Å². The standard InChI is InChI=1S/C13H20N2O5/c1-6(4-14)20-5-8-3-9-10(7(2)16)12(17)15(9)11(8)13(18)19/h6-7,9-10,16H,3-5,14H2,1-2H3,(H,18,19). The zero-order chi connectivity index (χ0) is 15.0. The van der Waals surface area contributed by atoms with Crippen LogP contribution in [0.3, 0.4) is 0 Å². The molecule has 0 aromatic rings. The topological polar surface area (TPSA) is 113 Å². The van der Waals surface area contributed by atoms with E-state index in [1.165, 1.54) is 4.90 Å². The smallest absolute Gasteiger partial charge is 0.352 e. The van der Waals surface area contributed by atoms with Gasteiger partial charge in [0.25, 0.3) is 0 Å². The van der Waals surface area contributed by atoms with Gasteiger partial charge >= 0.3 is 5.97 Å². The van der Waals surface area contributed by atoms with E-state index in [0.29, 0.717) is 18.5 Å². The van der Waals surface area contributed by atoms with E-state index in [9.17, 15) is 19.8 Å². The number of nitrogens with zero attached hydrogens (tertiary/aromatic N) is 1. The molecule has 7 nitrogen and oxygen atoms in total. The van der Waals surface area contributed by atoms with Crippen LogP contribution in [0.1, 0.15) is 20.3 Å².